The summed E-state index contributed by atoms with van der Waals surface area (Å²) in [6.45, 7) is 3.29. The molecule has 156 valence electrons. The van der Waals surface area contributed by atoms with Crippen molar-refractivity contribution in [2.75, 3.05) is 13.7 Å². The van der Waals surface area contributed by atoms with Gasteiger partial charge in [0.25, 0.3) is 5.91 Å². The van der Waals surface area contributed by atoms with Gasteiger partial charge in [-0.2, -0.15) is 5.10 Å². The van der Waals surface area contributed by atoms with E-state index < -0.39 is 0 Å². The number of carbonyl (C=O) groups is 1. The highest BCUT2D eigenvalue weighted by Crippen LogP contribution is 2.28. The second kappa shape index (κ2) is 8.36. The average Bonchev–Trinajstić information content (AvgIpc) is 3.06. The van der Waals surface area contributed by atoms with E-state index >= 15 is 0 Å². The number of benzene rings is 1. The molecule has 7 nitrogen and oxygen atoms in total. The number of carbonyl (C=O) groups excluding carboxylic acids is 1. The fourth-order valence-corrected chi connectivity index (χ4v) is 3.87. The standard InChI is InChI=1S/C22H23ClN4O3/c1-14-5-4-6-21(24-14)30-13-18-17-12-27(10-9-19(17)26(2)25-18)22(28)16-8-7-15(23)11-20(16)29-3/h4-8,11H,9-10,12-13H2,1-3H3. The van der Waals surface area contributed by atoms with Crippen LogP contribution in [0, 0.1) is 6.92 Å². The van der Waals surface area contributed by atoms with E-state index in [-0.39, 0.29) is 5.91 Å². The molecule has 0 aliphatic carbocycles. The van der Waals surface area contributed by atoms with Crippen LogP contribution in [0.15, 0.2) is 36.4 Å². The molecule has 0 saturated heterocycles. The molecule has 0 atom stereocenters. The lowest BCUT2D eigenvalue weighted by Crippen LogP contribution is -2.36. The number of aromatic nitrogens is 3. The summed E-state index contributed by atoms with van der Waals surface area (Å²) in [5, 5.41) is 5.15. The zero-order valence-electron chi connectivity index (χ0n) is 17.2. The van der Waals surface area contributed by atoms with Crippen molar-refractivity contribution >= 4 is 17.5 Å². The maximum Gasteiger partial charge on any atom is 0.257 e. The molecule has 3 heterocycles. The van der Waals surface area contributed by atoms with Gasteiger partial charge in [-0.15, -0.1) is 0 Å². The van der Waals surface area contributed by atoms with Crippen LogP contribution in [0.25, 0.3) is 0 Å². The van der Waals surface area contributed by atoms with E-state index in [1.807, 2.05) is 41.8 Å². The third kappa shape index (κ3) is 3.98. The number of halogens is 1. The Morgan fingerprint density at radius 3 is 2.87 bits per heavy atom. The minimum atomic E-state index is -0.0924. The quantitative estimate of drug-likeness (QED) is 0.623. The molecule has 1 aliphatic rings. The number of rotatable bonds is 5. The number of hydrogen-bond acceptors (Lipinski definition) is 5. The van der Waals surface area contributed by atoms with Crippen LogP contribution in [0.5, 0.6) is 11.6 Å². The Morgan fingerprint density at radius 1 is 1.27 bits per heavy atom. The van der Waals surface area contributed by atoms with E-state index in [0.717, 1.165) is 29.1 Å². The van der Waals surface area contributed by atoms with Crippen LogP contribution in [0.4, 0.5) is 0 Å². The molecule has 0 spiro atoms. The molecule has 3 aromatic rings. The van der Waals surface area contributed by atoms with E-state index in [1.165, 1.54) is 7.11 Å². The van der Waals surface area contributed by atoms with Crippen LogP contribution in [-0.2, 0) is 26.6 Å². The van der Waals surface area contributed by atoms with E-state index in [4.69, 9.17) is 21.1 Å². The Bertz CT molecular complexity index is 1100. The monoisotopic (exact) mass is 426 g/mol. The highest BCUT2D eigenvalue weighted by molar-refractivity contribution is 6.30. The predicted octanol–water partition coefficient (Wildman–Crippen LogP) is 3.56. The average molecular weight is 427 g/mol. The zero-order chi connectivity index (χ0) is 21.3. The van der Waals surface area contributed by atoms with Crippen molar-refractivity contribution in [3.05, 3.63) is 69.6 Å². The molecule has 30 heavy (non-hydrogen) atoms. The number of aryl methyl sites for hydroxylation is 2. The van der Waals surface area contributed by atoms with Gasteiger partial charge >= 0.3 is 0 Å². The Kier molecular flexibility index (Phi) is 5.63. The molecular formula is C22H23ClN4O3. The molecule has 2 aromatic heterocycles. The molecule has 1 amide bonds. The Morgan fingerprint density at radius 2 is 2.10 bits per heavy atom. The van der Waals surface area contributed by atoms with Gasteiger partial charge in [0.1, 0.15) is 18.1 Å². The second-order valence-electron chi connectivity index (χ2n) is 7.22. The number of nitrogens with zero attached hydrogens (tertiary/aromatic N) is 4. The van der Waals surface area contributed by atoms with Crippen LogP contribution in [0.1, 0.15) is 33.0 Å². The molecule has 1 aromatic carbocycles. The minimum absolute atomic E-state index is 0.0924. The summed E-state index contributed by atoms with van der Waals surface area (Å²) in [6.07, 6.45) is 0.725. The van der Waals surface area contributed by atoms with Crippen molar-refractivity contribution in [3.63, 3.8) is 0 Å². The smallest absolute Gasteiger partial charge is 0.257 e. The Hall–Kier alpha value is -3.06. The fourth-order valence-electron chi connectivity index (χ4n) is 3.71. The Balaban J connectivity index is 1.55. The summed E-state index contributed by atoms with van der Waals surface area (Å²) < 4.78 is 13.1. The molecule has 0 fully saturated rings. The molecule has 0 radical (unpaired) electrons. The van der Waals surface area contributed by atoms with Gasteiger partial charge in [0.2, 0.25) is 5.88 Å². The van der Waals surface area contributed by atoms with Crippen molar-refractivity contribution < 1.29 is 14.3 Å². The maximum absolute atomic E-state index is 13.2. The van der Waals surface area contributed by atoms with Crippen LogP contribution < -0.4 is 9.47 Å². The predicted molar refractivity (Wildman–Crippen MR) is 113 cm³/mol. The van der Waals surface area contributed by atoms with Crippen LogP contribution in [-0.4, -0.2) is 39.2 Å². The lowest BCUT2D eigenvalue weighted by molar-refractivity contribution is 0.0729. The van der Waals surface area contributed by atoms with E-state index in [2.05, 4.69) is 10.1 Å². The number of fused-ring (bicyclic) bond motifs is 1. The normalized spacial score (nSPS) is 13.1. The van der Waals surface area contributed by atoms with Gasteiger partial charge < -0.3 is 14.4 Å². The lowest BCUT2D eigenvalue weighted by Gasteiger charge is -2.28. The fraction of sp³-hybridized carbons (Fsp3) is 0.318. The first kappa shape index (κ1) is 20.2. The summed E-state index contributed by atoms with van der Waals surface area (Å²) >= 11 is 6.04. The third-order valence-electron chi connectivity index (χ3n) is 5.23. The van der Waals surface area contributed by atoms with Gasteiger partial charge in [0.15, 0.2) is 0 Å². The van der Waals surface area contributed by atoms with Crippen LogP contribution >= 0.6 is 11.6 Å². The van der Waals surface area contributed by atoms with Crippen molar-refractivity contribution in [1.82, 2.24) is 19.7 Å². The molecular weight excluding hydrogens is 404 g/mol. The van der Waals surface area contributed by atoms with Gasteiger partial charge in [-0.3, -0.25) is 9.48 Å². The third-order valence-corrected chi connectivity index (χ3v) is 5.46. The Labute approximate surface area is 180 Å². The van der Waals surface area contributed by atoms with Gasteiger partial charge in [-0.1, -0.05) is 17.7 Å². The number of ether oxygens (including phenoxy) is 2. The first-order valence-corrected chi connectivity index (χ1v) is 10.1. The highest BCUT2D eigenvalue weighted by atomic mass is 35.5. The van der Waals surface area contributed by atoms with Gasteiger partial charge in [-0.25, -0.2) is 4.98 Å². The van der Waals surface area contributed by atoms with Crippen molar-refractivity contribution in [2.24, 2.45) is 7.05 Å². The highest BCUT2D eigenvalue weighted by Gasteiger charge is 2.28. The molecule has 4 rings (SSSR count). The summed E-state index contributed by atoms with van der Waals surface area (Å²) in [7, 11) is 3.46. The van der Waals surface area contributed by atoms with E-state index in [0.29, 0.717) is 41.9 Å². The van der Waals surface area contributed by atoms with Crippen molar-refractivity contribution in [2.45, 2.75) is 26.5 Å². The van der Waals surface area contributed by atoms with Crippen LogP contribution in [0.3, 0.4) is 0 Å². The number of methoxy groups -OCH3 is 1. The van der Waals surface area contributed by atoms with E-state index in [9.17, 15) is 4.79 Å². The van der Waals surface area contributed by atoms with Crippen LogP contribution in [0.2, 0.25) is 5.02 Å². The number of amides is 1. The largest absolute Gasteiger partial charge is 0.496 e. The van der Waals surface area contributed by atoms with Gasteiger partial charge in [-0.05, 0) is 31.2 Å². The molecule has 8 heteroatoms. The first-order valence-electron chi connectivity index (χ1n) is 9.69. The maximum atomic E-state index is 13.2. The van der Waals surface area contributed by atoms with Gasteiger partial charge in [0.05, 0.1) is 12.7 Å². The summed E-state index contributed by atoms with van der Waals surface area (Å²) in [6, 6.07) is 10.7. The summed E-state index contributed by atoms with van der Waals surface area (Å²) in [5.41, 5.74) is 4.35. The summed E-state index contributed by atoms with van der Waals surface area (Å²) in [5.74, 6) is 0.938. The topological polar surface area (TPSA) is 69.5 Å². The van der Waals surface area contributed by atoms with Gasteiger partial charge in [0, 0.05) is 54.6 Å². The van der Waals surface area contributed by atoms with Crippen molar-refractivity contribution in [3.8, 4) is 11.6 Å². The first-order chi connectivity index (χ1) is 14.5. The molecule has 0 unspecified atom stereocenters. The number of hydrogen-bond donors (Lipinski definition) is 0. The molecule has 0 N–H and O–H groups in total. The second-order valence-corrected chi connectivity index (χ2v) is 7.66. The lowest BCUT2D eigenvalue weighted by atomic mass is 10.0. The van der Waals surface area contributed by atoms with Crippen molar-refractivity contribution in [1.29, 1.82) is 0 Å². The summed E-state index contributed by atoms with van der Waals surface area (Å²) in [4.78, 5) is 19.3. The SMILES string of the molecule is COc1cc(Cl)ccc1C(=O)N1CCc2c(c(COc3cccc(C)n3)nn2C)C1. The zero-order valence-corrected chi connectivity index (χ0v) is 17.9. The number of pyridine rings is 1. The molecule has 0 saturated carbocycles. The molecule has 0 bridgehead atoms. The van der Waals surface area contributed by atoms with E-state index in [1.54, 1.807) is 18.2 Å². The minimum Gasteiger partial charge on any atom is -0.496 e. The molecule has 1 aliphatic heterocycles.